The SMILES string of the molecule is Cc1nc(C(=O)N2CC3CN(c4ccccc4)CC3C2)c(C)o1. The van der Waals surface area contributed by atoms with E-state index in [1.807, 2.05) is 11.0 Å². The summed E-state index contributed by atoms with van der Waals surface area (Å²) >= 11 is 0. The van der Waals surface area contributed by atoms with Crippen molar-refractivity contribution in [2.24, 2.45) is 11.8 Å². The first-order valence-electron chi connectivity index (χ1n) is 8.15. The average molecular weight is 311 g/mol. The number of rotatable bonds is 2. The van der Waals surface area contributed by atoms with Gasteiger partial charge in [-0.05, 0) is 19.1 Å². The number of hydrogen-bond acceptors (Lipinski definition) is 4. The number of fused-ring (bicyclic) bond motifs is 1. The minimum atomic E-state index is 0.0139. The van der Waals surface area contributed by atoms with Crippen molar-refractivity contribution in [2.45, 2.75) is 13.8 Å². The number of aryl methyl sites for hydroxylation is 2. The molecule has 2 saturated heterocycles. The predicted molar refractivity (Wildman–Crippen MR) is 87.5 cm³/mol. The fourth-order valence-electron chi connectivity index (χ4n) is 3.89. The van der Waals surface area contributed by atoms with E-state index in [-0.39, 0.29) is 5.91 Å². The Bertz CT molecular complexity index is 711. The zero-order valence-electron chi connectivity index (χ0n) is 13.5. The van der Waals surface area contributed by atoms with E-state index in [1.165, 1.54) is 5.69 Å². The first kappa shape index (κ1) is 14.3. The summed E-state index contributed by atoms with van der Waals surface area (Å²) in [6, 6.07) is 10.5. The van der Waals surface area contributed by atoms with Crippen LogP contribution in [0.25, 0.3) is 0 Å². The van der Waals surface area contributed by atoms with E-state index in [0.29, 0.717) is 29.2 Å². The van der Waals surface area contributed by atoms with Gasteiger partial charge in [-0.1, -0.05) is 18.2 Å². The first-order chi connectivity index (χ1) is 11.1. The fourth-order valence-corrected chi connectivity index (χ4v) is 3.89. The lowest BCUT2D eigenvalue weighted by molar-refractivity contribution is 0.0775. The van der Waals surface area contributed by atoms with Crippen LogP contribution in [-0.2, 0) is 0 Å². The Balaban J connectivity index is 1.44. The Labute approximate surface area is 135 Å². The monoisotopic (exact) mass is 311 g/mol. The van der Waals surface area contributed by atoms with Crippen molar-refractivity contribution in [3.05, 3.63) is 47.7 Å². The minimum absolute atomic E-state index is 0.0139. The molecule has 3 heterocycles. The van der Waals surface area contributed by atoms with E-state index < -0.39 is 0 Å². The number of likely N-dealkylation sites (tertiary alicyclic amines) is 1. The highest BCUT2D eigenvalue weighted by molar-refractivity contribution is 5.93. The zero-order chi connectivity index (χ0) is 16.0. The van der Waals surface area contributed by atoms with Gasteiger partial charge in [0.2, 0.25) is 0 Å². The molecule has 0 N–H and O–H groups in total. The number of hydrogen-bond donors (Lipinski definition) is 0. The molecule has 4 rings (SSSR count). The highest BCUT2D eigenvalue weighted by Gasteiger charge is 2.42. The molecule has 2 atom stereocenters. The molecule has 5 nitrogen and oxygen atoms in total. The predicted octanol–water partition coefficient (Wildman–Crippen LogP) is 2.50. The fraction of sp³-hybridized carbons (Fsp3) is 0.444. The molecule has 1 amide bonds. The molecule has 0 saturated carbocycles. The minimum Gasteiger partial charge on any atom is -0.445 e. The van der Waals surface area contributed by atoms with Crippen molar-refractivity contribution in [1.82, 2.24) is 9.88 Å². The second kappa shape index (κ2) is 5.41. The molecule has 0 radical (unpaired) electrons. The van der Waals surface area contributed by atoms with Crippen LogP contribution in [0.1, 0.15) is 22.1 Å². The van der Waals surface area contributed by atoms with Crippen LogP contribution in [0, 0.1) is 25.7 Å². The van der Waals surface area contributed by atoms with Gasteiger partial charge in [0.25, 0.3) is 5.91 Å². The molecule has 120 valence electrons. The summed E-state index contributed by atoms with van der Waals surface area (Å²) in [6.07, 6.45) is 0. The smallest absolute Gasteiger partial charge is 0.276 e. The lowest BCUT2D eigenvalue weighted by atomic mass is 10.0. The molecular formula is C18H21N3O2. The van der Waals surface area contributed by atoms with Crippen molar-refractivity contribution in [2.75, 3.05) is 31.1 Å². The van der Waals surface area contributed by atoms with Crippen LogP contribution in [-0.4, -0.2) is 42.0 Å². The first-order valence-corrected chi connectivity index (χ1v) is 8.15. The largest absolute Gasteiger partial charge is 0.445 e. The van der Waals surface area contributed by atoms with Gasteiger partial charge < -0.3 is 14.2 Å². The number of oxazole rings is 1. The van der Waals surface area contributed by atoms with Crippen LogP contribution in [0.5, 0.6) is 0 Å². The topological polar surface area (TPSA) is 49.6 Å². The van der Waals surface area contributed by atoms with Gasteiger partial charge >= 0.3 is 0 Å². The van der Waals surface area contributed by atoms with E-state index >= 15 is 0 Å². The van der Waals surface area contributed by atoms with Crippen LogP contribution in [0.15, 0.2) is 34.7 Å². The van der Waals surface area contributed by atoms with E-state index in [0.717, 1.165) is 26.2 Å². The van der Waals surface area contributed by atoms with Gasteiger partial charge in [-0.2, -0.15) is 0 Å². The van der Waals surface area contributed by atoms with Gasteiger partial charge in [-0.3, -0.25) is 4.79 Å². The summed E-state index contributed by atoms with van der Waals surface area (Å²) < 4.78 is 5.40. The Kier molecular flexibility index (Phi) is 3.36. The molecule has 2 unspecified atom stereocenters. The molecule has 1 aromatic heterocycles. The summed E-state index contributed by atoms with van der Waals surface area (Å²) in [7, 11) is 0. The summed E-state index contributed by atoms with van der Waals surface area (Å²) in [5.74, 6) is 2.29. The van der Waals surface area contributed by atoms with Crippen LogP contribution in [0.3, 0.4) is 0 Å². The number of nitrogens with zero attached hydrogens (tertiary/aromatic N) is 3. The summed E-state index contributed by atoms with van der Waals surface area (Å²) in [6.45, 7) is 7.27. The second-order valence-corrected chi connectivity index (χ2v) is 6.61. The number of aromatic nitrogens is 1. The van der Waals surface area contributed by atoms with Crippen LogP contribution in [0.4, 0.5) is 5.69 Å². The molecular weight excluding hydrogens is 290 g/mol. The number of amides is 1. The molecule has 5 heteroatoms. The van der Waals surface area contributed by atoms with Gasteiger partial charge in [0.15, 0.2) is 11.6 Å². The zero-order valence-corrected chi connectivity index (χ0v) is 13.5. The third kappa shape index (κ3) is 2.50. The third-order valence-electron chi connectivity index (χ3n) is 5.00. The molecule has 0 spiro atoms. The van der Waals surface area contributed by atoms with Gasteiger partial charge in [0, 0.05) is 50.6 Å². The quantitative estimate of drug-likeness (QED) is 0.855. The Morgan fingerprint density at radius 1 is 1.09 bits per heavy atom. The van der Waals surface area contributed by atoms with E-state index in [2.05, 4.69) is 34.1 Å². The van der Waals surface area contributed by atoms with E-state index in [4.69, 9.17) is 4.42 Å². The van der Waals surface area contributed by atoms with Crippen LogP contribution in [0.2, 0.25) is 0 Å². The number of carbonyl (C=O) groups is 1. The van der Waals surface area contributed by atoms with Gasteiger partial charge in [-0.25, -0.2) is 4.98 Å². The summed E-state index contributed by atoms with van der Waals surface area (Å²) in [5.41, 5.74) is 1.75. The highest BCUT2D eigenvalue weighted by atomic mass is 16.4. The maximum absolute atomic E-state index is 12.7. The lowest BCUT2D eigenvalue weighted by Gasteiger charge is -2.22. The highest BCUT2D eigenvalue weighted by Crippen LogP contribution is 2.34. The normalized spacial score (nSPS) is 23.4. The van der Waals surface area contributed by atoms with Crippen LogP contribution >= 0.6 is 0 Å². The standard InChI is InChI=1S/C18H21N3O2/c1-12-17(19-13(2)23-12)18(22)21-10-14-8-20(9-15(14)11-21)16-6-4-3-5-7-16/h3-7,14-15H,8-11H2,1-2H3. The van der Waals surface area contributed by atoms with Gasteiger partial charge in [0.1, 0.15) is 5.76 Å². The van der Waals surface area contributed by atoms with Crippen molar-refractivity contribution in [1.29, 1.82) is 0 Å². The Hall–Kier alpha value is -2.30. The van der Waals surface area contributed by atoms with E-state index in [1.54, 1.807) is 13.8 Å². The van der Waals surface area contributed by atoms with Gasteiger partial charge in [-0.15, -0.1) is 0 Å². The summed E-state index contributed by atoms with van der Waals surface area (Å²) in [5, 5.41) is 0. The lowest BCUT2D eigenvalue weighted by Crippen LogP contribution is -2.33. The molecule has 2 aliphatic rings. The van der Waals surface area contributed by atoms with Crippen molar-refractivity contribution in [3.63, 3.8) is 0 Å². The maximum Gasteiger partial charge on any atom is 0.276 e. The number of para-hydroxylation sites is 1. The van der Waals surface area contributed by atoms with Crippen molar-refractivity contribution < 1.29 is 9.21 Å². The molecule has 2 fully saturated rings. The number of anilines is 1. The molecule has 1 aromatic carbocycles. The number of carbonyl (C=O) groups excluding carboxylic acids is 1. The third-order valence-corrected chi connectivity index (χ3v) is 5.00. The molecule has 0 bridgehead atoms. The molecule has 23 heavy (non-hydrogen) atoms. The maximum atomic E-state index is 12.7. The number of benzene rings is 1. The second-order valence-electron chi connectivity index (χ2n) is 6.61. The molecule has 2 aromatic rings. The molecule has 2 aliphatic heterocycles. The Morgan fingerprint density at radius 3 is 2.30 bits per heavy atom. The van der Waals surface area contributed by atoms with Crippen molar-refractivity contribution >= 4 is 11.6 Å². The van der Waals surface area contributed by atoms with Gasteiger partial charge in [0.05, 0.1) is 0 Å². The van der Waals surface area contributed by atoms with Crippen LogP contribution < -0.4 is 4.90 Å². The molecule has 0 aliphatic carbocycles. The summed E-state index contributed by atoms with van der Waals surface area (Å²) in [4.78, 5) is 21.3. The Morgan fingerprint density at radius 2 is 1.74 bits per heavy atom. The average Bonchev–Trinajstić information content (AvgIpc) is 3.20. The van der Waals surface area contributed by atoms with E-state index in [9.17, 15) is 4.79 Å². The van der Waals surface area contributed by atoms with Crippen molar-refractivity contribution in [3.8, 4) is 0 Å².